The highest BCUT2D eigenvalue weighted by Crippen LogP contribution is 2.39. The van der Waals surface area contributed by atoms with Gasteiger partial charge in [-0.05, 0) is 73.2 Å². The number of amides is 1. The zero-order valence-electron chi connectivity index (χ0n) is 15.2. The van der Waals surface area contributed by atoms with Crippen LogP contribution in [0.3, 0.4) is 0 Å². The lowest BCUT2D eigenvalue weighted by Gasteiger charge is -2.23. The summed E-state index contributed by atoms with van der Waals surface area (Å²) in [6.07, 6.45) is 5.58. The summed E-state index contributed by atoms with van der Waals surface area (Å²) in [5.41, 5.74) is 8.34. The largest absolute Gasteiger partial charge is 0.508 e. The predicted octanol–water partition coefficient (Wildman–Crippen LogP) is 2.96. The molecule has 2 aromatic carbocycles. The normalized spacial score (nSPS) is 18.4. The van der Waals surface area contributed by atoms with Crippen LogP contribution in [0.5, 0.6) is 17.2 Å². The number of aryl methyl sites for hydroxylation is 1. The number of hydrogen-bond acceptors (Lipinski definition) is 5. The molecule has 4 rings (SSSR count). The minimum atomic E-state index is -0.542. The van der Waals surface area contributed by atoms with E-state index in [9.17, 15) is 9.90 Å². The first-order valence-electron chi connectivity index (χ1n) is 9.40. The van der Waals surface area contributed by atoms with E-state index < -0.39 is 5.91 Å². The summed E-state index contributed by atoms with van der Waals surface area (Å²) in [6, 6.07) is 9.32. The molecule has 27 heavy (non-hydrogen) atoms. The minimum absolute atomic E-state index is 0.122. The number of piperidine rings is 1. The van der Waals surface area contributed by atoms with E-state index in [1.807, 2.05) is 6.07 Å². The van der Waals surface area contributed by atoms with Crippen LogP contribution in [0.25, 0.3) is 11.1 Å². The lowest BCUT2D eigenvalue weighted by Crippen LogP contribution is -2.34. The van der Waals surface area contributed by atoms with Crippen LogP contribution in [0, 0.1) is 0 Å². The number of fused-ring (bicyclic) bond motifs is 1. The summed E-state index contributed by atoms with van der Waals surface area (Å²) < 4.78 is 10.8. The van der Waals surface area contributed by atoms with Gasteiger partial charge in [0.25, 0.3) is 0 Å². The van der Waals surface area contributed by atoms with Gasteiger partial charge in [-0.1, -0.05) is 12.5 Å². The van der Waals surface area contributed by atoms with E-state index in [1.54, 1.807) is 24.3 Å². The van der Waals surface area contributed by atoms with Crippen LogP contribution in [0.2, 0.25) is 0 Å². The topological polar surface area (TPSA) is 93.8 Å². The van der Waals surface area contributed by atoms with E-state index in [0.29, 0.717) is 28.7 Å². The van der Waals surface area contributed by atoms with Crippen LogP contribution >= 0.6 is 0 Å². The maximum absolute atomic E-state index is 12.0. The minimum Gasteiger partial charge on any atom is -0.508 e. The number of hydrogen-bond donors (Lipinski definition) is 3. The third kappa shape index (κ3) is 3.85. The second-order valence-corrected chi connectivity index (χ2v) is 7.19. The van der Waals surface area contributed by atoms with Gasteiger partial charge in [-0.2, -0.15) is 0 Å². The molecule has 2 aromatic rings. The standard InChI is InChI=1S/C21H24N2O4/c22-21(25)18-11-20-19(26-12-27-20)10-17(18)14-7-13(8-16(24)9-14)4-5-15-3-1-2-6-23-15/h7-11,15,23-24H,1-6,12H2,(H2,22,25)/t15-/m0/s1. The maximum Gasteiger partial charge on any atom is 0.249 e. The molecule has 0 spiro atoms. The Labute approximate surface area is 158 Å². The molecule has 2 heterocycles. The summed E-state index contributed by atoms with van der Waals surface area (Å²) in [7, 11) is 0. The molecule has 0 aromatic heterocycles. The van der Waals surface area contributed by atoms with Crippen LogP contribution in [0.1, 0.15) is 41.6 Å². The van der Waals surface area contributed by atoms with Gasteiger partial charge in [0.2, 0.25) is 12.7 Å². The number of carbonyl (C=O) groups is 1. The number of aromatic hydroxyl groups is 1. The summed E-state index contributed by atoms with van der Waals surface area (Å²) in [5, 5.41) is 13.8. The predicted molar refractivity (Wildman–Crippen MR) is 102 cm³/mol. The molecule has 0 unspecified atom stereocenters. The molecule has 6 heteroatoms. The Morgan fingerprint density at radius 3 is 2.70 bits per heavy atom. The number of rotatable bonds is 5. The molecule has 0 bridgehead atoms. The maximum atomic E-state index is 12.0. The van der Waals surface area contributed by atoms with Crippen LogP contribution < -0.4 is 20.5 Å². The fraction of sp³-hybridized carbons (Fsp3) is 0.381. The van der Waals surface area contributed by atoms with Crippen molar-refractivity contribution < 1.29 is 19.4 Å². The van der Waals surface area contributed by atoms with Gasteiger partial charge in [0.15, 0.2) is 11.5 Å². The van der Waals surface area contributed by atoms with Gasteiger partial charge in [0.05, 0.1) is 5.56 Å². The Morgan fingerprint density at radius 1 is 1.15 bits per heavy atom. The highest BCUT2D eigenvalue weighted by Gasteiger charge is 2.21. The molecule has 6 nitrogen and oxygen atoms in total. The van der Waals surface area contributed by atoms with Crippen molar-refractivity contribution >= 4 is 5.91 Å². The van der Waals surface area contributed by atoms with E-state index in [2.05, 4.69) is 5.32 Å². The monoisotopic (exact) mass is 368 g/mol. The molecule has 4 N–H and O–H groups in total. The first-order chi connectivity index (χ1) is 13.1. The second kappa shape index (κ2) is 7.48. The Morgan fingerprint density at radius 2 is 1.96 bits per heavy atom. The van der Waals surface area contributed by atoms with Gasteiger partial charge >= 0.3 is 0 Å². The Kier molecular flexibility index (Phi) is 4.90. The number of ether oxygens (including phenoxy) is 2. The quantitative estimate of drug-likeness (QED) is 0.754. The molecule has 1 atom stereocenters. The van der Waals surface area contributed by atoms with Gasteiger partial charge in [0.1, 0.15) is 5.75 Å². The average Bonchev–Trinajstić information content (AvgIpc) is 3.13. The van der Waals surface area contributed by atoms with E-state index in [0.717, 1.165) is 30.5 Å². The summed E-state index contributed by atoms with van der Waals surface area (Å²) in [6.45, 7) is 1.20. The molecule has 1 saturated heterocycles. The van der Waals surface area contributed by atoms with E-state index in [4.69, 9.17) is 15.2 Å². The molecule has 2 aliphatic heterocycles. The van der Waals surface area contributed by atoms with E-state index >= 15 is 0 Å². The smallest absolute Gasteiger partial charge is 0.249 e. The zero-order chi connectivity index (χ0) is 18.8. The molecular weight excluding hydrogens is 344 g/mol. The first kappa shape index (κ1) is 17.7. The van der Waals surface area contributed by atoms with Crippen LogP contribution in [-0.2, 0) is 6.42 Å². The van der Waals surface area contributed by atoms with Gasteiger partial charge in [-0.25, -0.2) is 0 Å². The fourth-order valence-electron chi connectivity index (χ4n) is 3.87. The fourth-order valence-corrected chi connectivity index (χ4v) is 3.87. The molecule has 0 aliphatic carbocycles. The molecule has 1 amide bonds. The number of phenols is 1. The highest BCUT2D eigenvalue weighted by molar-refractivity contribution is 6.01. The number of benzene rings is 2. The molecule has 0 radical (unpaired) electrons. The van der Waals surface area contributed by atoms with Crippen molar-refractivity contribution in [2.24, 2.45) is 5.73 Å². The average molecular weight is 368 g/mol. The molecule has 1 fully saturated rings. The van der Waals surface area contributed by atoms with Crippen molar-refractivity contribution in [2.45, 2.75) is 38.1 Å². The third-order valence-corrected chi connectivity index (χ3v) is 5.26. The van der Waals surface area contributed by atoms with Crippen LogP contribution in [0.4, 0.5) is 0 Å². The van der Waals surface area contributed by atoms with E-state index in [-0.39, 0.29) is 12.5 Å². The van der Waals surface area contributed by atoms with Gasteiger partial charge in [0, 0.05) is 6.04 Å². The highest BCUT2D eigenvalue weighted by atomic mass is 16.7. The Bertz CT molecular complexity index is 860. The second-order valence-electron chi connectivity index (χ2n) is 7.19. The lowest BCUT2D eigenvalue weighted by molar-refractivity contribution is 0.100. The number of carbonyl (C=O) groups excluding carboxylic acids is 1. The van der Waals surface area contributed by atoms with Crippen molar-refractivity contribution in [1.82, 2.24) is 5.32 Å². The molecule has 2 aliphatic rings. The van der Waals surface area contributed by atoms with E-state index in [1.165, 1.54) is 19.3 Å². The Hall–Kier alpha value is -2.73. The summed E-state index contributed by atoms with van der Waals surface area (Å²) >= 11 is 0. The summed E-state index contributed by atoms with van der Waals surface area (Å²) in [4.78, 5) is 12.0. The van der Waals surface area contributed by atoms with Crippen molar-refractivity contribution in [3.05, 3.63) is 41.5 Å². The van der Waals surface area contributed by atoms with Crippen molar-refractivity contribution in [1.29, 1.82) is 0 Å². The first-order valence-corrected chi connectivity index (χ1v) is 9.40. The summed E-state index contributed by atoms with van der Waals surface area (Å²) in [5.74, 6) is 0.717. The van der Waals surface area contributed by atoms with Crippen LogP contribution in [0.15, 0.2) is 30.3 Å². The number of nitrogens with two attached hydrogens (primary N) is 1. The zero-order valence-corrected chi connectivity index (χ0v) is 15.2. The number of nitrogens with one attached hydrogen (secondary N) is 1. The molecule has 142 valence electrons. The SMILES string of the molecule is NC(=O)c1cc2c(cc1-c1cc(O)cc(CC[C@@H]3CCCCN3)c1)OCO2. The van der Waals surface area contributed by atoms with Gasteiger partial charge in [-0.15, -0.1) is 0 Å². The number of primary amides is 1. The molecule has 0 saturated carbocycles. The van der Waals surface area contributed by atoms with Crippen molar-refractivity contribution in [3.8, 4) is 28.4 Å². The van der Waals surface area contributed by atoms with Crippen LogP contribution in [-0.4, -0.2) is 30.4 Å². The molecular formula is C21H24N2O4. The van der Waals surface area contributed by atoms with Gasteiger partial charge < -0.3 is 25.6 Å². The number of phenolic OH excluding ortho intramolecular Hbond substituents is 1. The Balaban J connectivity index is 1.64. The lowest BCUT2D eigenvalue weighted by atomic mass is 9.93. The van der Waals surface area contributed by atoms with Crippen molar-refractivity contribution in [3.63, 3.8) is 0 Å². The van der Waals surface area contributed by atoms with Gasteiger partial charge in [-0.3, -0.25) is 4.79 Å². The van der Waals surface area contributed by atoms with Crippen molar-refractivity contribution in [2.75, 3.05) is 13.3 Å². The third-order valence-electron chi connectivity index (χ3n) is 5.26.